The second-order valence-corrected chi connectivity index (χ2v) is 11.5. The van der Waals surface area contributed by atoms with Crippen LogP contribution in [0.1, 0.15) is 194 Å². The van der Waals surface area contributed by atoms with Gasteiger partial charge in [-0.2, -0.15) is 0 Å². The fourth-order valence-corrected chi connectivity index (χ4v) is 5.26. The molecule has 0 aromatic heterocycles. The molecule has 0 aliphatic rings. The predicted octanol–water partition coefficient (Wildman–Crippen LogP) is 11.9. The van der Waals surface area contributed by atoms with E-state index in [0.29, 0.717) is 0 Å². The standard InChI is InChI=1S/C33H69N/c1-4-6-8-10-12-14-16-18-19-20-21-23-25-27-29-31-33-34(3)32-30-28-26-24-22-17-15-13-11-9-7-5-2/h4-33H2,1-3H3. The molecule has 0 heterocycles. The fraction of sp³-hybridized carbons (Fsp3) is 1.00. The Morgan fingerprint density at radius 1 is 0.265 bits per heavy atom. The van der Waals surface area contributed by atoms with E-state index in [1.807, 2.05) is 0 Å². The normalized spacial score (nSPS) is 11.6. The molecule has 206 valence electrons. The van der Waals surface area contributed by atoms with Crippen LogP contribution >= 0.6 is 0 Å². The summed E-state index contributed by atoms with van der Waals surface area (Å²) >= 11 is 0. The number of hydrogen-bond donors (Lipinski definition) is 0. The van der Waals surface area contributed by atoms with E-state index in [4.69, 9.17) is 0 Å². The molecule has 0 fully saturated rings. The van der Waals surface area contributed by atoms with Gasteiger partial charge in [-0.25, -0.2) is 0 Å². The van der Waals surface area contributed by atoms with E-state index in [2.05, 4.69) is 25.8 Å². The molecule has 0 saturated carbocycles. The molecular formula is C33H69N. The molecule has 1 nitrogen and oxygen atoms in total. The summed E-state index contributed by atoms with van der Waals surface area (Å²) < 4.78 is 0. The zero-order valence-corrected chi connectivity index (χ0v) is 24.7. The Kier molecular flexibility index (Phi) is 31.0. The van der Waals surface area contributed by atoms with E-state index < -0.39 is 0 Å². The molecule has 0 aromatic carbocycles. The first-order valence-electron chi connectivity index (χ1n) is 16.5. The number of hydrogen-bond acceptors (Lipinski definition) is 1. The Morgan fingerprint density at radius 2 is 0.441 bits per heavy atom. The highest BCUT2D eigenvalue weighted by Gasteiger charge is 2.00. The molecule has 0 N–H and O–H groups in total. The molecule has 0 rings (SSSR count). The maximum Gasteiger partial charge on any atom is -0.00218 e. The molecule has 0 aliphatic heterocycles. The van der Waals surface area contributed by atoms with E-state index in [9.17, 15) is 0 Å². The quantitative estimate of drug-likeness (QED) is 0.0925. The molecular weight excluding hydrogens is 410 g/mol. The Morgan fingerprint density at radius 3 is 0.647 bits per heavy atom. The summed E-state index contributed by atoms with van der Waals surface area (Å²) in [6.45, 7) is 7.24. The van der Waals surface area contributed by atoms with Crippen molar-refractivity contribution in [2.24, 2.45) is 0 Å². The highest BCUT2D eigenvalue weighted by atomic mass is 15.1. The minimum absolute atomic E-state index is 1.32. The third kappa shape index (κ3) is 30.0. The second kappa shape index (κ2) is 31.0. The van der Waals surface area contributed by atoms with E-state index >= 15 is 0 Å². The van der Waals surface area contributed by atoms with Crippen molar-refractivity contribution in [3.8, 4) is 0 Å². The zero-order chi connectivity index (χ0) is 24.8. The van der Waals surface area contributed by atoms with Crippen LogP contribution in [0.15, 0.2) is 0 Å². The molecule has 0 unspecified atom stereocenters. The lowest BCUT2D eigenvalue weighted by molar-refractivity contribution is 0.314. The summed E-state index contributed by atoms with van der Waals surface area (Å²) in [5.74, 6) is 0. The van der Waals surface area contributed by atoms with Crippen molar-refractivity contribution in [1.29, 1.82) is 0 Å². The first-order chi connectivity index (χ1) is 16.8. The smallest absolute Gasteiger partial charge is 0.00218 e. The number of nitrogens with zero attached hydrogens (tertiary/aromatic N) is 1. The van der Waals surface area contributed by atoms with Crippen molar-refractivity contribution in [3.05, 3.63) is 0 Å². The van der Waals surface area contributed by atoms with Gasteiger partial charge in [0.15, 0.2) is 0 Å². The summed E-state index contributed by atoms with van der Waals surface area (Å²) in [6, 6.07) is 0. The van der Waals surface area contributed by atoms with Crippen LogP contribution < -0.4 is 0 Å². The Bertz CT molecular complexity index is 339. The van der Waals surface area contributed by atoms with Gasteiger partial charge in [0.2, 0.25) is 0 Å². The summed E-state index contributed by atoms with van der Waals surface area (Å²) in [5.41, 5.74) is 0. The monoisotopic (exact) mass is 480 g/mol. The van der Waals surface area contributed by atoms with Crippen LogP contribution in [0, 0.1) is 0 Å². The van der Waals surface area contributed by atoms with Crippen LogP contribution in [-0.4, -0.2) is 25.0 Å². The van der Waals surface area contributed by atoms with Crippen LogP contribution in [-0.2, 0) is 0 Å². The third-order valence-corrected chi connectivity index (χ3v) is 7.79. The lowest BCUT2D eigenvalue weighted by Crippen LogP contribution is -2.20. The average Bonchev–Trinajstić information content (AvgIpc) is 2.84. The van der Waals surface area contributed by atoms with Crippen LogP contribution in [0.4, 0.5) is 0 Å². The summed E-state index contributed by atoms with van der Waals surface area (Å²) in [4.78, 5) is 2.58. The fourth-order valence-electron chi connectivity index (χ4n) is 5.26. The van der Waals surface area contributed by atoms with E-state index in [1.54, 1.807) is 0 Å². The van der Waals surface area contributed by atoms with Gasteiger partial charge < -0.3 is 4.90 Å². The molecule has 0 aliphatic carbocycles. The van der Waals surface area contributed by atoms with Crippen LogP contribution in [0.3, 0.4) is 0 Å². The highest BCUT2D eigenvalue weighted by molar-refractivity contribution is 4.55. The van der Waals surface area contributed by atoms with Crippen molar-refractivity contribution in [1.82, 2.24) is 4.90 Å². The lowest BCUT2D eigenvalue weighted by atomic mass is 10.0. The van der Waals surface area contributed by atoms with Gasteiger partial charge >= 0.3 is 0 Å². The van der Waals surface area contributed by atoms with E-state index in [1.165, 1.54) is 193 Å². The van der Waals surface area contributed by atoms with Crippen molar-refractivity contribution in [3.63, 3.8) is 0 Å². The topological polar surface area (TPSA) is 3.24 Å². The van der Waals surface area contributed by atoms with Crippen LogP contribution in [0.2, 0.25) is 0 Å². The predicted molar refractivity (Wildman–Crippen MR) is 158 cm³/mol. The SMILES string of the molecule is CCCCCCCCCCCCCCCCCCN(C)CCCCCCCCCCCCCC. The second-order valence-electron chi connectivity index (χ2n) is 11.5. The van der Waals surface area contributed by atoms with Gasteiger partial charge in [-0.15, -0.1) is 0 Å². The molecule has 0 bridgehead atoms. The van der Waals surface area contributed by atoms with E-state index in [-0.39, 0.29) is 0 Å². The van der Waals surface area contributed by atoms with Gasteiger partial charge in [-0.3, -0.25) is 0 Å². The Balaban J connectivity index is 3.13. The molecule has 0 aromatic rings. The lowest BCUT2D eigenvalue weighted by Gasteiger charge is -2.16. The van der Waals surface area contributed by atoms with Crippen molar-refractivity contribution in [2.75, 3.05) is 20.1 Å². The number of rotatable bonds is 30. The van der Waals surface area contributed by atoms with Gasteiger partial charge in [-0.1, -0.05) is 181 Å². The van der Waals surface area contributed by atoms with Gasteiger partial charge in [0, 0.05) is 0 Å². The molecule has 0 spiro atoms. The number of unbranched alkanes of at least 4 members (excludes halogenated alkanes) is 26. The van der Waals surface area contributed by atoms with Gasteiger partial charge in [0.1, 0.15) is 0 Å². The van der Waals surface area contributed by atoms with Gasteiger partial charge in [-0.05, 0) is 33.0 Å². The zero-order valence-electron chi connectivity index (χ0n) is 24.7. The summed E-state index contributed by atoms with van der Waals surface area (Å²) in [6.07, 6.45) is 40.8. The highest BCUT2D eigenvalue weighted by Crippen LogP contribution is 2.14. The molecule has 34 heavy (non-hydrogen) atoms. The molecule has 0 saturated heterocycles. The third-order valence-electron chi connectivity index (χ3n) is 7.79. The van der Waals surface area contributed by atoms with Crippen molar-refractivity contribution < 1.29 is 0 Å². The first-order valence-corrected chi connectivity index (χ1v) is 16.5. The Labute approximate surface area is 218 Å². The maximum absolute atomic E-state index is 2.58. The van der Waals surface area contributed by atoms with Gasteiger partial charge in [0.05, 0.1) is 0 Å². The van der Waals surface area contributed by atoms with Crippen molar-refractivity contribution >= 4 is 0 Å². The molecule has 1 heteroatoms. The van der Waals surface area contributed by atoms with E-state index in [0.717, 1.165) is 0 Å². The molecule has 0 amide bonds. The Hall–Kier alpha value is -0.0400. The average molecular weight is 480 g/mol. The minimum Gasteiger partial charge on any atom is -0.306 e. The maximum atomic E-state index is 2.58. The van der Waals surface area contributed by atoms with Crippen LogP contribution in [0.25, 0.3) is 0 Å². The first kappa shape index (κ1) is 34.0. The molecule has 0 radical (unpaired) electrons. The largest absolute Gasteiger partial charge is 0.306 e. The van der Waals surface area contributed by atoms with Gasteiger partial charge in [0.25, 0.3) is 0 Å². The summed E-state index contributed by atoms with van der Waals surface area (Å²) in [5, 5.41) is 0. The van der Waals surface area contributed by atoms with Crippen LogP contribution in [0.5, 0.6) is 0 Å². The molecule has 0 atom stereocenters. The summed E-state index contributed by atoms with van der Waals surface area (Å²) in [7, 11) is 2.34. The minimum atomic E-state index is 1.32. The van der Waals surface area contributed by atoms with Crippen molar-refractivity contribution in [2.45, 2.75) is 194 Å².